The van der Waals surface area contributed by atoms with E-state index in [-0.39, 0.29) is 12.2 Å². The van der Waals surface area contributed by atoms with E-state index in [1.165, 1.54) is 0 Å². The van der Waals surface area contributed by atoms with Crippen LogP contribution < -0.4 is 16.4 Å². The number of carboxylic acid groups (broad SMARTS) is 2. The van der Waals surface area contributed by atoms with Crippen LogP contribution in [0.3, 0.4) is 0 Å². The first kappa shape index (κ1) is 19.7. The third kappa shape index (κ3) is 8.09. The Morgan fingerprint density at radius 3 is 2.00 bits per heavy atom. The SMILES string of the molecule is NC(=O)[C@H](CC(=O)O)NC(=O)[C@H](CCC(=O)O)NC(=O)CS. The molecular weight excluding hydrogens is 318 g/mol. The quantitative estimate of drug-likeness (QED) is 0.243. The molecule has 0 bridgehead atoms. The first-order valence-electron chi connectivity index (χ1n) is 6.10. The number of primary amides is 1. The van der Waals surface area contributed by atoms with E-state index in [1.54, 1.807) is 0 Å². The van der Waals surface area contributed by atoms with E-state index in [0.29, 0.717) is 0 Å². The van der Waals surface area contributed by atoms with Crippen LogP contribution in [0.4, 0.5) is 0 Å². The number of hydrogen-bond donors (Lipinski definition) is 6. The third-order valence-corrected chi connectivity index (χ3v) is 2.77. The molecule has 3 amide bonds. The zero-order chi connectivity index (χ0) is 17.3. The van der Waals surface area contributed by atoms with Gasteiger partial charge < -0.3 is 26.6 Å². The fraction of sp³-hybridized carbons (Fsp3) is 0.545. The van der Waals surface area contributed by atoms with E-state index in [0.717, 1.165) is 0 Å². The molecule has 0 heterocycles. The van der Waals surface area contributed by atoms with Crippen molar-refractivity contribution in [2.45, 2.75) is 31.3 Å². The smallest absolute Gasteiger partial charge is 0.305 e. The maximum atomic E-state index is 12.0. The van der Waals surface area contributed by atoms with Crippen LogP contribution in [0.5, 0.6) is 0 Å². The van der Waals surface area contributed by atoms with Gasteiger partial charge in [0.15, 0.2) is 0 Å². The van der Waals surface area contributed by atoms with E-state index in [2.05, 4.69) is 23.3 Å². The molecule has 0 rings (SSSR count). The molecule has 0 aliphatic carbocycles. The second-order valence-electron chi connectivity index (χ2n) is 4.27. The Kier molecular flexibility index (Phi) is 8.60. The first-order chi connectivity index (χ1) is 10.2. The highest BCUT2D eigenvalue weighted by atomic mass is 32.1. The minimum absolute atomic E-state index is 0.231. The molecule has 2 atom stereocenters. The third-order valence-electron chi connectivity index (χ3n) is 2.48. The van der Waals surface area contributed by atoms with Gasteiger partial charge in [0.05, 0.1) is 12.2 Å². The van der Waals surface area contributed by atoms with Crippen LogP contribution in [0.1, 0.15) is 19.3 Å². The van der Waals surface area contributed by atoms with Gasteiger partial charge in [-0.1, -0.05) is 0 Å². The maximum Gasteiger partial charge on any atom is 0.305 e. The van der Waals surface area contributed by atoms with Crippen LogP contribution in [-0.2, 0) is 24.0 Å². The van der Waals surface area contributed by atoms with Crippen LogP contribution in [0.15, 0.2) is 0 Å². The van der Waals surface area contributed by atoms with Crippen molar-refractivity contribution >= 4 is 42.3 Å². The van der Waals surface area contributed by atoms with Crippen molar-refractivity contribution in [1.82, 2.24) is 10.6 Å². The molecule has 0 aromatic heterocycles. The second-order valence-corrected chi connectivity index (χ2v) is 4.59. The van der Waals surface area contributed by atoms with Gasteiger partial charge >= 0.3 is 11.9 Å². The predicted octanol–water partition coefficient (Wildman–Crippen LogP) is -2.29. The number of aliphatic carboxylic acids is 2. The first-order valence-corrected chi connectivity index (χ1v) is 6.74. The Morgan fingerprint density at radius 2 is 1.59 bits per heavy atom. The molecule has 0 aromatic rings. The summed E-state index contributed by atoms with van der Waals surface area (Å²) in [5.41, 5.74) is 4.97. The summed E-state index contributed by atoms with van der Waals surface area (Å²) in [5.74, 6) is -5.36. The van der Waals surface area contributed by atoms with Gasteiger partial charge in [0.2, 0.25) is 17.7 Å². The number of rotatable bonds is 10. The van der Waals surface area contributed by atoms with Gasteiger partial charge in [-0.15, -0.1) is 0 Å². The van der Waals surface area contributed by atoms with Gasteiger partial charge in [-0.05, 0) is 6.42 Å². The standard InChI is InChI=1S/C11H17N3O7S/c12-10(20)6(3-9(18)19)14-11(21)5(1-2-8(16)17)13-7(15)4-22/h5-6,22H,1-4H2,(H2,12,20)(H,13,15)(H,14,21)(H,16,17)(H,18,19)/t5-,6-/m0/s1. The number of thiol groups is 1. The van der Waals surface area contributed by atoms with Crippen molar-refractivity contribution < 1.29 is 34.2 Å². The molecule has 0 saturated heterocycles. The summed E-state index contributed by atoms with van der Waals surface area (Å²) in [5, 5.41) is 21.5. The Labute approximate surface area is 130 Å². The number of carbonyl (C=O) groups excluding carboxylic acids is 3. The second kappa shape index (κ2) is 9.60. The van der Waals surface area contributed by atoms with E-state index in [9.17, 15) is 24.0 Å². The molecular formula is C11H17N3O7S. The molecule has 124 valence electrons. The molecule has 0 aromatic carbocycles. The average Bonchev–Trinajstić information content (AvgIpc) is 2.41. The van der Waals surface area contributed by atoms with Crippen molar-refractivity contribution in [3.05, 3.63) is 0 Å². The molecule has 0 aliphatic rings. The van der Waals surface area contributed by atoms with E-state index in [1.807, 2.05) is 0 Å². The summed E-state index contributed by atoms with van der Waals surface area (Å²) < 4.78 is 0. The highest BCUT2D eigenvalue weighted by molar-refractivity contribution is 7.81. The van der Waals surface area contributed by atoms with E-state index >= 15 is 0 Å². The number of carbonyl (C=O) groups is 5. The molecule has 22 heavy (non-hydrogen) atoms. The van der Waals surface area contributed by atoms with Gasteiger partial charge in [-0.2, -0.15) is 12.6 Å². The average molecular weight is 335 g/mol. The fourth-order valence-corrected chi connectivity index (χ4v) is 1.54. The lowest BCUT2D eigenvalue weighted by Gasteiger charge is -2.20. The van der Waals surface area contributed by atoms with Crippen molar-refractivity contribution in [2.75, 3.05) is 5.75 Å². The van der Waals surface area contributed by atoms with Crippen LogP contribution in [-0.4, -0.2) is 57.7 Å². The molecule has 0 spiro atoms. The van der Waals surface area contributed by atoms with Gasteiger partial charge in [-0.25, -0.2) is 0 Å². The zero-order valence-electron chi connectivity index (χ0n) is 11.4. The number of hydrogen-bond acceptors (Lipinski definition) is 6. The summed E-state index contributed by atoms with van der Waals surface area (Å²) in [6.07, 6.45) is -1.38. The largest absolute Gasteiger partial charge is 0.481 e. The van der Waals surface area contributed by atoms with Crippen molar-refractivity contribution in [2.24, 2.45) is 5.73 Å². The Balaban J connectivity index is 4.90. The number of amides is 3. The van der Waals surface area contributed by atoms with Crippen LogP contribution in [0.25, 0.3) is 0 Å². The van der Waals surface area contributed by atoms with Crippen LogP contribution in [0.2, 0.25) is 0 Å². The lowest BCUT2D eigenvalue weighted by atomic mass is 10.1. The zero-order valence-corrected chi connectivity index (χ0v) is 12.3. The maximum absolute atomic E-state index is 12.0. The Morgan fingerprint density at radius 1 is 1.00 bits per heavy atom. The molecule has 11 heteroatoms. The molecule has 0 unspecified atom stereocenters. The molecule has 6 N–H and O–H groups in total. The van der Waals surface area contributed by atoms with Gasteiger partial charge in [0, 0.05) is 6.42 Å². The van der Waals surface area contributed by atoms with E-state index < -0.39 is 54.6 Å². The lowest BCUT2D eigenvalue weighted by Crippen LogP contribution is -2.53. The van der Waals surface area contributed by atoms with Crippen LogP contribution in [0, 0.1) is 0 Å². The topological polar surface area (TPSA) is 176 Å². The normalized spacial score (nSPS) is 12.8. The fourth-order valence-electron chi connectivity index (χ4n) is 1.45. The predicted molar refractivity (Wildman–Crippen MR) is 76.0 cm³/mol. The van der Waals surface area contributed by atoms with Gasteiger partial charge in [0.1, 0.15) is 12.1 Å². The summed E-state index contributed by atoms with van der Waals surface area (Å²) in [6, 6.07) is -2.71. The summed E-state index contributed by atoms with van der Waals surface area (Å²) in [6.45, 7) is 0. The van der Waals surface area contributed by atoms with Crippen molar-refractivity contribution in [3.63, 3.8) is 0 Å². The number of carboxylic acids is 2. The Bertz CT molecular complexity index is 469. The van der Waals surface area contributed by atoms with Gasteiger partial charge in [-0.3, -0.25) is 24.0 Å². The van der Waals surface area contributed by atoms with Crippen LogP contribution >= 0.6 is 12.6 Å². The molecule has 10 nitrogen and oxygen atoms in total. The summed E-state index contributed by atoms with van der Waals surface area (Å²) in [4.78, 5) is 55.4. The molecule has 0 radical (unpaired) electrons. The Hall–Kier alpha value is -2.30. The molecule has 0 aliphatic heterocycles. The molecule has 0 fully saturated rings. The highest BCUT2D eigenvalue weighted by Gasteiger charge is 2.27. The van der Waals surface area contributed by atoms with E-state index in [4.69, 9.17) is 15.9 Å². The van der Waals surface area contributed by atoms with Crippen molar-refractivity contribution in [1.29, 1.82) is 0 Å². The molecule has 0 saturated carbocycles. The summed E-state index contributed by atoms with van der Waals surface area (Å²) in [7, 11) is 0. The monoisotopic (exact) mass is 335 g/mol. The summed E-state index contributed by atoms with van der Waals surface area (Å²) >= 11 is 3.70. The van der Waals surface area contributed by atoms with Crippen molar-refractivity contribution in [3.8, 4) is 0 Å². The number of nitrogens with one attached hydrogen (secondary N) is 2. The van der Waals surface area contributed by atoms with Gasteiger partial charge in [0.25, 0.3) is 0 Å². The minimum Gasteiger partial charge on any atom is -0.481 e. The highest BCUT2D eigenvalue weighted by Crippen LogP contribution is 2.01. The number of nitrogens with two attached hydrogens (primary N) is 1. The lowest BCUT2D eigenvalue weighted by molar-refractivity contribution is -0.140. The minimum atomic E-state index is -1.47.